The fraction of sp³-hybridized carbons (Fsp3) is 0.375. The molecule has 20 heavy (non-hydrogen) atoms. The summed E-state index contributed by atoms with van der Waals surface area (Å²) in [6, 6.07) is 8.17. The summed E-state index contributed by atoms with van der Waals surface area (Å²) in [5, 5.41) is 4.32. The second kappa shape index (κ2) is 7.30. The van der Waals surface area contributed by atoms with E-state index in [1.165, 1.54) is 5.56 Å². The lowest BCUT2D eigenvalue weighted by Gasteiger charge is -2.18. The van der Waals surface area contributed by atoms with Crippen molar-refractivity contribution in [1.82, 2.24) is 5.32 Å². The third kappa shape index (κ3) is 3.87. The molecule has 0 radical (unpaired) electrons. The van der Waals surface area contributed by atoms with E-state index in [4.69, 9.17) is 16.0 Å². The molecule has 0 amide bonds. The van der Waals surface area contributed by atoms with Crippen LogP contribution in [0, 0.1) is 6.92 Å². The molecule has 1 aromatic carbocycles. The summed E-state index contributed by atoms with van der Waals surface area (Å²) in [5.74, 6) is 0.998. The van der Waals surface area contributed by atoms with Gasteiger partial charge in [-0.2, -0.15) is 0 Å². The summed E-state index contributed by atoms with van der Waals surface area (Å²) in [4.78, 5) is 0. The molecule has 1 aromatic heterocycles. The van der Waals surface area contributed by atoms with Crippen molar-refractivity contribution in [3.63, 3.8) is 0 Å². The van der Waals surface area contributed by atoms with Gasteiger partial charge in [-0.15, -0.1) is 0 Å². The number of aryl methyl sites for hydroxylation is 1. The molecule has 0 saturated carbocycles. The van der Waals surface area contributed by atoms with E-state index < -0.39 is 0 Å². The van der Waals surface area contributed by atoms with Gasteiger partial charge in [-0.25, -0.2) is 0 Å². The topological polar surface area (TPSA) is 25.2 Å². The van der Waals surface area contributed by atoms with Crippen LogP contribution in [0.15, 0.2) is 39.4 Å². The van der Waals surface area contributed by atoms with Crippen molar-refractivity contribution in [1.29, 1.82) is 0 Å². The highest BCUT2D eigenvalue weighted by atomic mass is 79.9. The van der Waals surface area contributed by atoms with E-state index in [0.29, 0.717) is 0 Å². The molecule has 0 aliphatic rings. The van der Waals surface area contributed by atoms with Crippen LogP contribution >= 0.6 is 27.5 Å². The number of nitrogens with one attached hydrogen (secondary N) is 1. The summed E-state index contributed by atoms with van der Waals surface area (Å²) < 4.78 is 6.64. The molecule has 1 heterocycles. The van der Waals surface area contributed by atoms with Gasteiger partial charge in [0.25, 0.3) is 0 Å². The molecule has 1 unspecified atom stereocenters. The number of hydrogen-bond acceptors (Lipinski definition) is 2. The predicted molar refractivity (Wildman–Crippen MR) is 87.3 cm³/mol. The first-order chi connectivity index (χ1) is 9.61. The molecule has 0 bridgehead atoms. The van der Waals surface area contributed by atoms with Crippen molar-refractivity contribution in [3.05, 3.63) is 56.9 Å². The second-order valence-electron chi connectivity index (χ2n) is 4.91. The van der Waals surface area contributed by atoms with Gasteiger partial charge in [0, 0.05) is 9.50 Å². The van der Waals surface area contributed by atoms with E-state index in [0.717, 1.165) is 40.2 Å². The minimum atomic E-state index is 0.156. The minimum absolute atomic E-state index is 0.156. The Bertz CT molecular complexity index is 567. The molecule has 1 atom stereocenters. The normalized spacial score (nSPS) is 12.6. The Labute approximate surface area is 133 Å². The maximum Gasteiger partial charge on any atom is 0.123 e. The Hall–Kier alpha value is -0.770. The van der Waals surface area contributed by atoms with Gasteiger partial charge in [0.2, 0.25) is 0 Å². The van der Waals surface area contributed by atoms with E-state index in [1.54, 1.807) is 6.26 Å². The van der Waals surface area contributed by atoms with Crippen LogP contribution in [0.4, 0.5) is 0 Å². The number of furan rings is 1. The van der Waals surface area contributed by atoms with Crippen LogP contribution in [-0.4, -0.2) is 6.54 Å². The molecule has 0 saturated heterocycles. The third-order valence-electron chi connectivity index (χ3n) is 3.30. The molecule has 0 aliphatic carbocycles. The molecule has 1 N–H and O–H groups in total. The van der Waals surface area contributed by atoms with Crippen molar-refractivity contribution in [2.75, 3.05) is 6.54 Å². The first-order valence-corrected chi connectivity index (χ1v) is 8.00. The SMILES string of the molecule is CCCNC(Cc1ccc(Br)cc1Cl)c1occc1C. The van der Waals surface area contributed by atoms with Gasteiger partial charge in [0.1, 0.15) is 5.76 Å². The van der Waals surface area contributed by atoms with Gasteiger partial charge >= 0.3 is 0 Å². The Morgan fingerprint density at radius 1 is 1.35 bits per heavy atom. The fourth-order valence-corrected chi connectivity index (χ4v) is 2.98. The van der Waals surface area contributed by atoms with Gasteiger partial charge in [0.15, 0.2) is 0 Å². The minimum Gasteiger partial charge on any atom is -0.467 e. The highest BCUT2D eigenvalue weighted by molar-refractivity contribution is 9.10. The molecule has 0 spiro atoms. The van der Waals surface area contributed by atoms with E-state index in [2.05, 4.69) is 41.2 Å². The largest absolute Gasteiger partial charge is 0.467 e. The summed E-state index contributed by atoms with van der Waals surface area (Å²) in [5.41, 5.74) is 2.30. The zero-order valence-electron chi connectivity index (χ0n) is 11.7. The Morgan fingerprint density at radius 3 is 2.75 bits per heavy atom. The van der Waals surface area contributed by atoms with Crippen LogP contribution in [0.1, 0.15) is 36.3 Å². The van der Waals surface area contributed by atoms with E-state index >= 15 is 0 Å². The molecule has 2 nitrogen and oxygen atoms in total. The van der Waals surface area contributed by atoms with Crippen molar-refractivity contribution in [2.24, 2.45) is 0 Å². The van der Waals surface area contributed by atoms with Crippen LogP contribution in [-0.2, 0) is 6.42 Å². The predicted octanol–water partition coefficient (Wildman–Crippen LogP) is 5.29. The Morgan fingerprint density at radius 2 is 2.15 bits per heavy atom. The van der Waals surface area contributed by atoms with E-state index in [9.17, 15) is 0 Å². The zero-order valence-corrected chi connectivity index (χ0v) is 14.1. The Balaban J connectivity index is 2.21. The lowest BCUT2D eigenvalue weighted by Crippen LogP contribution is -2.24. The van der Waals surface area contributed by atoms with E-state index in [1.807, 2.05) is 18.2 Å². The highest BCUT2D eigenvalue weighted by Crippen LogP contribution is 2.28. The smallest absolute Gasteiger partial charge is 0.123 e. The van der Waals surface area contributed by atoms with Gasteiger partial charge < -0.3 is 9.73 Å². The molecular formula is C16H19BrClNO. The maximum atomic E-state index is 6.32. The summed E-state index contributed by atoms with van der Waals surface area (Å²) in [7, 11) is 0. The first-order valence-electron chi connectivity index (χ1n) is 6.83. The monoisotopic (exact) mass is 355 g/mol. The summed E-state index contributed by atoms with van der Waals surface area (Å²) in [6.07, 6.45) is 3.65. The second-order valence-corrected chi connectivity index (χ2v) is 6.24. The van der Waals surface area contributed by atoms with Gasteiger partial charge in [-0.1, -0.05) is 40.5 Å². The fourth-order valence-electron chi connectivity index (χ4n) is 2.22. The van der Waals surface area contributed by atoms with Crippen LogP contribution in [0.5, 0.6) is 0 Å². The number of rotatable bonds is 6. The quantitative estimate of drug-likeness (QED) is 0.761. The third-order valence-corrected chi connectivity index (χ3v) is 4.14. The van der Waals surface area contributed by atoms with Crippen molar-refractivity contribution >= 4 is 27.5 Å². The van der Waals surface area contributed by atoms with Crippen molar-refractivity contribution in [3.8, 4) is 0 Å². The lowest BCUT2D eigenvalue weighted by atomic mass is 10.0. The van der Waals surface area contributed by atoms with Gasteiger partial charge in [0.05, 0.1) is 12.3 Å². The number of hydrogen-bond donors (Lipinski definition) is 1. The van der Waals surface area contributed by atoms with Gasteiger partial charge in [-0.05, 0) is 55.6 Å². The lowest BCUT2D eigenvalue weighted by molar-refractivity contribution is 0.408. The average molecular weight is 357 g/mol. The van der Waals surface area contributed by atoms with Gasteiger partial charge in [-0.3, -0.25) is 0 Å². The zero-order chi connectivity index (χ0) is 14.5. The van der Waals surface area contributed by atoms with Crippen molar-refractivity contribution in [2.45, 2.75) is 32.7 Å². The molecular weight excluding hydrogens is 338 g/mol. The molecule has 2 aromatic rings. The van der Waals surface area contributed by atoms with Crippen LogP contribution in [0.2, 0.25) is 5.02 Å². The number of halogens is 2. The van der Waals surface area contributed by atoms with Crippen LogP contribution in [0.3, 0.4) is 0 Å². The van der Waals surface area contributed by atoms with E-state index in [-0.39, 0.29) is 6.04 Å². The maximum absolute atomic E-state index is 6.32. The molecule has 0 aliphatic heterocycles. The highest BCUT2D eigenvalue weighted by Gasteiger charge is 2.18. The molecule has 0 fully saturated rings. The number of benzene rings is 1. The van der Waals surface area contributed by atoms with Crippen LogP contribution in [0.25, 0.3) is 0 Å². The van der Waals surface area contributed by atoms with Crippen molar-refractivity contribution < 1.29 is 4.42 Å². The first kappa shape index (κ1) is 15.6. The molecule has 2 rings (SSSR count). The Kier molecular flexibility index (Phi) is 5.70. The average Bonchev–Trinajstić information content (AvgIpc) is 2.83. The summed E-state index contributed by atoms with van der Waals surface area (Å²) in [6.45, 7) is 5.19. The molecule has 4 heteroatoms. The van der Waals surface area contributed by atoms with Crippen LogP contribution < -0.4 is 5.32 Å². The molecule has 108 valence electrons. The summed E-state index contributed by atoms with van der Waals surface area (Å²) >= 11 is 9.76. The standard InChI is InChI=1S/C16H19BrClNO/c1-3-7-19-15(16-11(2)6-8-20-16)9-12-4-5-13(17)10-14(12)18/h4-6,8,10,15,19H,3,7,9H2,1-2H3.